The third-order valence-corrected chi connectivity index (χ3v) is 5.61. The fourth-order valence-corrected chi connectivity index (χ4v) is 4.54. The minimum atomic E-state index is 0.323. The Balaban J connectivity index is 1.56. The van der Waals surface area contributed by atoms with Crippen molar-refractivity contribution in [3.63, 3.8) is 0 Å². The van der Waals surface area contributed by atoms with Gasteiger partial charge >= 0.3 is 0 Å². The fraction of sp³-hybridized carbons (Fsp3) is 0.933. The van der Waals surface area contributed by atoms with Gasteiger partial charge in [-0.15, -0.1) is 0 Å². The topological polar surface area (TPSA) is 55.1 Å². The summed E-state index contributed by atoms with van der Waals surface area (Å²) in [6.07, 6.45) is 9.96. The minimum Gasteiger partial charge on any atom is -0.353 e. The van der Waals surface area contributed by atoms with Crippen molar-refractivity contribution >= 4 is 5.91 Å². The molecule has 2 bridgehead atoms. The second-order valence-corrected chi connectivity index (χ2v) is 6.68. The number of fused-ring (bicyclic) bond motifs is 2. The zero-order chi connectivity index (χ0) is 12.5. The van der Waals surface area contributed by atoms with Crippen LogP contribution in [0.5, 0.6) is 0 Å². The number of amides is 1. The summed E-state index contributed by atoms with van der Waals surface area (Å²) in [5.41, 5.74) is 5.83. The summed E-state index contributed by atoms with van der Waals surface area (Å²) in [4.78, 5) is 12.4. The van der Waals surface area contributed by atoms with E-state index in [2.05, 4.69) is 5.32 Å². The number of carbonyl (C=O) groups is 1. The molecular formula is C15H26N2O. The van der Waals surface area contributed by atoms with E-state index < -0.39 is 0 Å². The maximum atomic E-state index is 12.4. The SMILES string of the molecule is NCC1CCCCC1NC(=O)C1CC2CCC1C2. The van der Waals surface area contributed by atoms with Crippen molar-refractivity contribution in [1.82, 2.24) is 5.32 Å². The summed E-state index contributed by atoms with van der Waals surface area (Å²) in [5, 5.41) is 3.33. The first kappa shape index (κ1) is 12.5. The minimum absolute atomic E-state index is 0.323. The van der Waals surface area contributed by atoms with Crippen molar-refractivity contribution in [3.05, 3.63) is 0 Å². The average molecular weight is 250 g/mol. The van der Waals surface area contributed by atoms with Gasteiger partial charge in [0.25, 0.3) is 0 Å². The molecule has 0 radical (unpaired) electrons. The predicted octanol–water partition coefficient (Wildman–Crippen LogP) is 2.06. The van der Waals surface area contributed by atoms with E-state index in [0.717, 1.165) is 25.3 Å². The monoisotopic (exact) mass is 250 g/mol. The lowest BCUT2D eigenvalue weighted by atomic mass is 9.83. The van der Waals surface area contributed by atoms with Crippen molar-refractivity contribution in [2.75, 3.05) is 6.54 Å². The molecule has 1 amide bonds. The van der Waals surface area contributed by atoms with Gasteiger partial charge in [0.2, 0.25) is 5.91 Å². The molecule has 0 saturated heterocycles. The van der Waals surface area contributed by atoms with Crippen molar-refractivity contribution in [2.45, 2.75) is 57.4 Å². The second-order valence-electron chi connectivity index (χ2n) is 6.68. The van der Waals surface area contributed by atoms with Gasteiger partial charge in [0, 0.05) is 12.0 Å². The van der Waals surface area contributed by atoms with Gasteiger partial charge in [0.05, 0.1) is 0 Å². The zero-order valence-corrected chi connectivity index (χ0v) is 11.2. The lowest BCUT2D eigenvalue weighted by Crippen LogP contribution is -2.47. The van der Waals surface area contributed by atoms with Gasteiger partial charge in [-0.3, -0.25) is 4.79 Å². The van der Waals surface area contributed by atoms with Crippen LogP contribution in [0.2, 0.25) is 0 Å². The van der Waals surface area contributed by atoms with Gasteiger partial charge in [0.1, 0.15) is 0 Å². The molecule has 3 fully saturated rings. The molecule has 3 nitrogen and oxygen atoms in total. The molecule has 3 aliphatic rings. The van der Waals surface area contributed by atoms with Crippen LogP contribution in [0.25, 0.3) is 0 Å². The summed E-state index contributed by atoms with van der Waals surface area (Å²) in [6.45, 7) is 0.724. The van der Waals surface area contributed by atoms with Gasteiger partial charge in [-0.2, -0.15) is 0 Å². The highest BCUT2D eigenvalue weighted by Crippen LogP contribution is 2.48. The number of hydrogen-bond donors (Lipinski definition) is 2. The predicted molar refractivity (Wildman–Crippen MR) is 71.9 cm³/mol. The molecule has 3 saturated carbocycles. The van der Waals surface area contributed by atoms with Crippen LogP contribution in [0.15, 0.2) is 0 Å². The number of hydrogen-bond acceptors (Lipinski definition) is 2. The van der Waals surface area contributed by atoms with E-state index in [0.29, 0.717) is 29.7 Å². The molecule has 0 aromatic rings. The van der Waals surface area contributed by atoms with Gasteiger partial charge in [0.15, 0.2) is 0 Å². The molecule has 3 rings (SSSR count). The van der Waals surface area contributed by atoms with Gasteiger partial charge in [-0.1, -0.05) is 19.3 Å². The zero-order valence-electron chi connectivity index (χ0n) is 11.2. The quantitative estimate of drug-likeness (QED) is 0.805. The van der Waals surface area contributed by atoms with Crippen LogP contribution in [0, 0.1) is 23.7 Å². The van der Waals surface area contributed by atoms with Crippen molar-refractivity contribution in [1.29, 1.82) is 0 Å². The normalized spacial score (nSPS) is 43.1. The van der Waals surface area contributed by atoms with Crippen LogP contribution in [-0.4, -0.2) is 18.5 Å². The maximum Gasteiger partial charge on any atom is 0.223 e. The molecule has 0 heterocycles. The Hall–Kier alpha value is -0.570. The maximum absolute atomic E-state index is 12.4. The summed E-state index contributed by atoms with van der Waals surface area (Å²) < 4.78 is 0. The van der Waals surface area contributed by atoms with Crippen LogP contribution in [0.4, 0.5) is 0 Å². The molecule has 18 heavy (non-hydrogen) atoms. The highest BCUT2D eigenvalue weighted by molar-refractivity contribution is 5.79. The van der Waals surface area contributed by atoms with E-state index >= 15 is 0 Å². The molecule has 3 aliphatic carbocycles. The van der Waals surface area contributed by atoms with E-state index in [9.17, 15) is 4.79 Å². The van der Waals surface area contributed by atoms with Crippen molar-refractivity contribution < 1.29 is 4.79 Å². The van der Waals surface area contributed by atoms with Crippen LogP contribution in [0.3, 0.4) is 0 Å². The number of carbonyl (C=O) groups excluding carboxylic acids is 1. The van der Waals surface area contributed by atoms with Gasteiger partial charge in [-0.05, 0) is 56.4 Å². The molecule has 0 spiro atoms. The van der Waals surface area contributed by atoms with Crippen LogP contribution in [0.1, 0.15) is 51.4 Å². The first-order chi connectivity index (χ1) is 8.78. The fourth-order valence-electron chi connectivity index (χ4n) is 4.54. The molecule has 5 unspecified atom stereocenters. The van der Waals surface area contributed by atoms with Crippen LogP contribution in [-0.2, 0) is 4.79 Å². The molecular weight excluding hydrogens is 224 g/mol. The Morgan fingerprint density at radius 3 is 2.61 bits per heavy atom. The standard InChI is InChI=1S/C15H26N2O/c16-9-12-3-1-2-4-14(12)17-15(18)13-8-10-5-6-11(13)7-10/h10-14H,1-9,16H2,(H,17,18). The lowest BCUT2D eigenvalue weighted by Gasteiger charge is -2.33. The van der Waals surface area contributed by atoms with Gasteiger partial charge < -0.3 is 11.1 Å². The second kappa shape index (κ2) is 5.20. The molecule has 102 valence electrons. The van der Waals surface area contributed by atoms with Crippen molar-refractivity contribution in [2.24, 2.45) is 29.4 Å². The van der Waals surface area contributed by atoms with Crippen molar-refractivity contribution in [3.8, 4) is 0 Å². The average Bonchev–Trinajstić information content (AvgIpc) is 3.01. The number of nitrogens with one attached hydrogen (secondary N) is 1. The summed E-state index contributed by atoms with van der Waals surface area (Å²) in [7, 11) is 0. The first-order valence-corrected chi connectivity index (χ1v) is 7.78. The first-order valence-electron chi connectivity index (χ1n) is 7.78. The highest BCUT2D eigenvalue weighted by atomic mass is 16.2. The Kier molecular flexibility index (Phi) is 3.60. The Labute approximate surface area is 110 Å². The molecule has 5 atom stereocenters. The smallest absolute Gasteiger partial charge is 0.223 e. The molecule has 0 aromatic carbocycles. The number of rotatable bonds is 3. The number of nitrogens with two attached hydrogens (primary N) is 1. The van der Waals surface area contributed by atoms with E-state index in [1.807, 2.05) is 0 Å². The van der Waals surface area contributed by atoms with Crippen LogP contribution < -0.4 is 11.1 Å². The van der Waals surface area contributed by atoms with E-state index in [4.69, 9.17) is 5.73 Å². The summed E-state index contributed by atoms with van der Waals surface area (Å²) >= 11 is 0. The largest absolute Gasteiger partial charge is 0.353 e. The Morgan fingerprint density at radius 1 is 1.11 bits per heavy atom. The van der Waals surface area contributed by atoms with E-state index in [-0.39, 0.29) is 0 Å². The van der Waals surface area contributed by atoms with E-state index in [1.54, 1.807) is 0 Å². The lowest BCUT2D eigenvalue weighted by molar-refractivity contribution is -0.127. The van der Waals surface area contributed by atoms with E-state index in [1.165, 1.54) is 38.5 Å². The molecule has 3 N–H and O–H groups in total. The summed E-state index contributed by atoms with van der Waals surface area (Å²) in [5.74, 6) is 2.72. The summed E-state index contributed by atoms with van der Waals surface area (Å²) in [6, 6.07) is 0.357. The third kappa shape index (κ3) is 2.29. The third-order valence-electron chi connectivity index (χ3n) is 5.61. The highest BCUT2D eigenvalue weighted by Gasteiger charge is 2.43. The Bertz CT molecular complexity index is 318. The van der Waals surface area contributed by atoms with Crippen LogP contribution >= 0.6 is 0 Å². The molecule has 0 aliphatic heterocycles. The molecule has 0 aromatic heterocycles. The van der Waals surface area contributed by atoms with Gasteiger partial charge in [-0.25, -0.2) is 0 Å². The Morgan fingerprint density at radius 2 is 1.94 bits per heavy atom. The molecule has 3 heteroatoms.